The van der Waals surface area contributed by atoms with Gasteiger partial charge in [-0.2, -0.15) is 0 Å². The molecule has 1 N–H and O–H groups in total. The van der Waals surface area contributed by atoms with Crippen LogP contribution in [-0.4, -0.2) is 30.1 Å². The van der Waals surface area contributed by atoms with Crippen molar-refractivity contribution < 1.29 is 14.3 Å². The number of nitrogens with one attached hydrogen (secondary N) is 1. The lowest BCUT2D eigenvalue weighted by Crippen LogP contribution is -2.51. The minimum atomic E-state index is -0.350. The minimum absolute atomic E-state index is 0.0561. The van der Waals surface area contributed by atoms with E-state index in [0.717, 1.165) is 31.6 Å². The maximum absolute atomic E-state index is 13.8. The van der Waals surface area contributed by atoms with Crippen LogP contribution in [0.2, 0.25) is 0 Å². The molecule has 0 radical (unpaired) electrons. The highest BCUT2D eigenvalue weighted by Gasteiger charge is 2.51. The molecule has 0 spiro atoms. The predicted molar refractivity (Wildman–Crippen MR) is 138 cm³/mol. The van der Waals surface area contributed by atoms with Crippen molar-refractivity contribution in [3.63, 3.8) is 0 Å². The van der Waals surface area contributed by atoms with E-state index >= 15 is 0 Å². The number of nitrogens with zero attached hydrogens (tertiary/aromatic N) is 1. The topological polar surface area (TPSA) is 58.6 Å². The summed E-state index contributed by atoms with van der Waals surface area (Å²) in [6.45, 7) is 7.54. The fraction of sp³-hybridized carbons (Fsp3) is 0.467. The average Bonchev–Trinajstić information content (AvgIpc) is 2.87. The first-order chi connectivity index (χ1) is 16.9. The molecule has 0 aromatic heterocycles. The van der Waals surface area contributed by atoms with Crippen LogP contribution in [0.5, 0.6) is 0 Å². The lowest BCUT2D eigenvalue weighted by Gasteiger charge is -2.57. The summed E-state index contributed by atoms with van der Waals surface area (Å²) in [7, 11) is 0. The third kappa shape index (κ3) is 4.49. The second kappa shape index (κ2) is 9.52. The Hall–Kier alpha value is -3.08. The summed E-state index contributed by atoms with van der Waals surface area (Å²) >= 11 is 0. The molecule has 0 saturated heterocycles. The zero-order chi connectivity index (χ0) is 24.6. The molecule has 0 aliphatic heterocycles. The second-order valence-electron chi connectivity index (χ2n) is 10.8. The molecule has 1 fully saturated rings. The van der Waals surface area contributed by atoms with Crippen molar-refractivity contribution in [2.24, 2.45) is 17.3 Å². The fourth-order valence-corrected chi connectivity index (χ4v) is 6.33. The number of carbonyl (C=O) groups is 2. The summed E-state index contributed by atoms with van der Waals surface area (Å²) < 4.78 is 5.07. The number of urea groups is 1. The van der Waals surface area contributed by atoms with Crippen molar-refractivity contribution in [2.75, 3.05) is 18.5 Å². The number of anilines is 1. The van der Waals surface area contributed by atoms with Crippen LogP contribution in [0.3, 0.4) is 0 Å². The molecular formula is C30H36N2O3. The third-order valence-corrected chi connectivity index (χ3v) is 8.56. The SMILES string of the molecule is CCOC(=O)c1ccc(NC(=O)N(CC2=CCC3CC2C3(C)C)C2CCCc3ccccc32)cc1. The first-order valence-electron chi connectivity index (χ1n) is 13.0. The number of hydrogen-bond acceptors (Lipinski definition) is 3. The Morgan fingerprint density at radius 3 is 2.60 bits per heavy atom. The number of fused-ring (bicyclic) bond motifs is 2. The lowest BCUT2D eigenvalue weighted by molar-refractivity contribution is -0.0105. The number of hydrogen-bond donors (Lipinski definition) is 1. The molecule has 2 bridgehead atoms. The van der Waals surface area contributed by atoms with E-state index in [1.807, 2.05) is 0 Å². The Labute approximate surface area is 208 Å². The monoisotopic (exact) mass is 472 g/mol. The van der Waals surface area contributed by atoms with Gasteiger partial charge in [0.2, 0.25) is 0 Å². The van der Waals surface area contributed by atoms with Crippen LogP contribution in [0, 0.1) is 17.3 Å². The summed E-state index contributed by atoms with van der Waals surface area (Å²) in [5.74, 6) is 0.975. The highest BCUT2D eigenvalue weighted by Crippen LogP contribution is 2.59. The number of ether oxygens (including phenoxy) is 1. The highest BCUT2D eigenvalue weighted by atomic mass is 16.5. The summed E-state index contributed by atoms with van der Waals surface area (Å²) in [6.07, 6.45) is 7.87. The van der Waals surface area contributed by atoms with Gasteiger partial charge < -0.3 is 15.0 Å². The number of esters is 1. The third-order valence-electron chi connectivity index (χ3n) is 8.56. The molecule has 184 valence electrons. The van der Waals surface area contributed by atoms with E-state index < -0.39 is 0 Å². The van der Waals surface area contributed by atoms with Gasteiger partial charge in [0, 0.05) is 12.2 Å². The minimum Gasteiger partial charge on any atom is -0.462 e. The Balaban J connectivity index is 1.40. The summed E-state index contributed by atoms with van der Waals surface area (Å²) in [5, 5.41) is 3.11. The zero-order valence-corrected chi connectivity index (χ0v) is 21.0. The average molecular weight is 473 g/mol. The molecule has 5 nitrogen and oxygen atoms in total. The van der Waals surface area contributed by atoms with E-state index in [1.165, 1.54) is 23.1 Å². The van der Waals surface area contributed by atoms with Crippen molar-refractivity contribution in [3.05, 3.63) is 76.9 Å². The molecule has 5 heteroatoms. The lowest BCUT2D eigenvalue weighted by atomic mass is 9.49. The molecule has 0 heterocycles. The number of carbonyl (C=O) groups excluding carboxylic acids is 2. The summed E-state index contributed by atoms with van der Waals surface area (Å²) in [4.78, 5) is 27.8. The van der Waals surface area contributed by atoms with E-state index in [1.54, 1.807) is 31.2 Å². The van der Waals surface area contributed by atoms with Crippen LogP contribution >= 0.6 is 0 Å². The van der Waals surface area contributed by atoms with Crippen molar-refractivity contribution >= 4 is 17.7 Å². The first kappa shape index (κ1) is 23.7. The molecule has 35 heavy (non-hydrogen) atoms. The normalized spacial score (nSPS) is 23.9. The van der Waals surface area contributed by atoms with E-state index in [9.17, 15) is 9.59 Å². The molecule has 3 atom stereocenters. The van der Waals surface area contributed by atoms with Crippen molar-refractivity contribution in [2.45, 2.75) is 58.9 Å². The molecule has 6 rings (SSSR count). The largest absolute Gasteiger partial charge is 0.462 e. The van der Waals surface area contributed by atoms with Crippen LogP contribution in [0.4, 0.5) is 10.5 Å². The zero-order valence-electron chi connectivity index (χ0n) is 21.0. The quantitative estimate of drug-likeness (QED) is 0.373. The Bertz CT molecular complexity index is 1130. The molecule has 2 amide bonds. The summed E-state index contributed by atoms with van der Waals surface area (Å²) in [6, 6.07) is 15.5. The van der Waals surface area contributed by atoms with Gasteiger partial charge in [-0.1, -0.05) is 49.8 Å². The fourth-order valence-electron chi connectivity index (χ4n) is 6.33. The number of aryl methyl sites for hydroxylation is 1. The number of amides is 2. The maximum Gasteiger partial charge on any atom is 0.338 e. The van der Waals surface area contributed by atoms with E-state index in [-0.39, 0.29) is 18.0 Å². The Morgan fingerprint density at radius 1 is 1.11 bits per heavy atom. The van der Waals surface area contributed by atoms with Gasteiger partial charge in [0.1, 0.15) is 0 Å². The number of benzene rings is 2. The van der Waals surface area contributed by atoms with Gasteiger partial charge >= 0.3 is 12.0 Å². The molecule has 3 unspecified atom stereocenters. The van der Waals surface area contributed by atoms with Gasteiger partial charge in [-0.15, -0.1) is 0 Å². The standard InChI is InChI=1S/C30H36N2O3/c1-4-35-28(33)21-13-16-24(17-14-21)31-29(34)32(19-22-12-15-23-18-26(22)30(23,2)3)27-11-7-9-20-8-5-6-10-25(20)27/h5-6,8,10,12-14,16-17,23,26-27H,4,7,9,11,15,18-19H2,1-3H3,(H,31,34). The van der Waals surface area contributed by atoms with Gasteiger partial charge in [-0.25, -0.2) is 9.59 Å². The Kier molecular flexibility index (Phi) is 6.43. The highest BCUT2D eigenvalue weighted by molar-refractivity contribution is 5.92. The van der Waals surface area contributed by atoms with Gasteiger partial charge in [0.15, 0.2) is 0 Å². The maximum atomic E-state index is 13.8. The van der Waals surface area contributed by atoms with Crippen LogP contribution < -0.4 is 5.32 Å². The van der Waals surface area contributed by atoms with E-state index in [0.29, 0.717) is 35.7 Å². The van der Waals surface area contributed by atoms with Crippen LogP contribution in [0.1, 0.15) is 74.0 Å². The molecule has 2 aromatic rings. The number of allylic oxidation sites excluding steroid dienone is 1. The first-order valence-corrected chi connectivity index (χ1v) is 13.0. The van der Waals surface area contributed by atoms with Crippen molar-refractivity contribution in [1.82, 2.24) is 4.90 Å². The molecule has 4 aliphatic carbocycles. The van der Waals surface area contributed by atoms with Gasteiger partial charge in [0.05, 0.1) is 18.2 Å². The van der Waals surface area contributed by atoms with E-state index in [2.05, 4.69) is 54.4 Å². The Morgan fingerprint density at radius 2 is 1.89 bits per heavy atom. The van der Waals surface area contributed by atoms with Crippen molar-refractivity contribution in [3.8, 4) is 0 Å². The molecule has 1 saturated carbocycles. The number of rotatable bonds is 6. The molecular weight excluding hydrogens is 436 g/mol. The molecule has 4 aliphatic rings. The smallest absolute Gasteiger partial charge is 0.338 e. The van der Waals surface area contributed by atoms with E-state index in [4.69, 9.17) is 4.74 Å². The van der Waals surface area contributed by atoms with Gasteiger partial charge in [0.25, 0.3) is 0 Å². The van der Waals surface area contributed by atoms with Crippen LogP contribution in [0.25, 0.3) is 0 Å². The predicted octanol–water partition coefficient (Wildman–Crippen LogP) is 6.77. The van der Waals surface area contributed by atoms with Crippen LogP contribution in [0.15, 0.2) is 60.2 Å². The van der Waals surface area contributed by atoms with Crippen LogP contribution in [-0.2, 0) is 11.2 Å². The summed E-state index contributed by atoms with van der Waals surface area (Å²) in [5.41, 5.74) is 5.51. The second-order valence-corrected chi connectivity index (χ2v) is 10.8. The molecule has 2 aromatic carbocycles. The van der Waals surface area contributed by atoms with Gasteiger partial charge in [-0.3, -0.25) is 0 Å². The van der Waals surface area contributed by atoms with Crippen molar-refractivity contribution in [1.29, 1.82) is 0 Å². The van der Waals surface area contributed by atoms with Gasteiger partial charge in [-0.05, 0) is 91.7 Å².